The number of phenolic OH excluding ortho intramolecular Hbond substituents is 1. The van der Waals surface area contributed by atoms with Gasteiger partial charge in [-0.3, -0.25) is 14.9 Å². The summed E-state index contributed by atoms with van der Waals surface area (Å²) in [6.07, 6.45) is -1.55. The number of aromatic hydroxyl groups is 1. The third kappa shape index (κ3) is 7.55. The van der Waals surface area contributed by atoms with Crippen LogP contribution < -0.4 is 5.32 Å². The number of imide groups is 1. The molecule has 0 radical (unpaired) electrons. The molecule has 2 N–H and O–H groups in total. The third-order valence-electron chi connectivity index (χ3n) is 4.33. The highest BCUT2D eigenvalue weighted by molar-refractivity contribution is 9.11. The Labute approximate surface area is 202 Å². The fraction of sp³-hybridized carbons (Fsp3) is 0.286. The number of rotatable bonds is 8. The summed E-state index contributed by atoms with van der Waals surface area (Å²) in [5, 5.41) is 12.7. The molecule has 7 nitrogen and oxygen atoms in total. The van der Waals surface area contributed by atoms with E-state index in [0.717, 1.165) is 0 Å². The minimum Gasteiger partial charge on any atom is -0.506 e. The van der Waals surface area contributed by atoms with Crippen molar-refractivity contribution >= 4 is 62.5 Å². The Morgan fingerprint density at radius 1 is 1.16 bits per heavy atom. The number of esters is 1. The third-order valence-corrected chi connectivity index (χ3v) is 5.65. The molecule has 0 saturated heterocycles. The first kappa shape index (κ1) is 25.2. The molecule has 0 heterocycles. The molecule has 31 heavy (non-hydrogen) atoms. The Balaban J connectivity index is 2.20. The Morgan fingerprint density at radius 3 is 2.48 bits per heavy atom. The number of benzene rings is 2. The highest BCUT2D eigenvalue weighted by Gasteiger charge is 2.28. The zero-order chi connectivity index (χ0) is 23.0. The average molecular weight is 575 g/mol. The van der Waals surface area contributed by atoms with E-state index in [1.54, 1.807) is 49.4 Å². The summed E-state index contributed by atoms with van der Waals surface area (Å²) in [6, 6.07) is 11.5. The fourth-order valence-electron chi connectivity index (χ4n) is 2.74. The van der Waals surface area contributed by atoms with Crippen LogP contribution in [0.5, 0.6) is 5.75 Å². The van der Waals surface area contributed by atoms with Gasteiger partial charge in [0.1, 0.15) is 11.9 Å². The first-order chi connectivity index (χ1) is 14.7. The van der Waals surface area contributed by atoms with Gasteiger partial charge in [0.15, 0.2) is 0 Å². The smallest absolute Gasteiger partial charge is 0.414 e. The standard InChI is InChI=1S/C21H21Br2NO6S/c1-12(7-8-29-17(25)11-31)19(15-9-14(22)10-16(23)18(15)26)30-21(28)24-20(27)13-5-3-2-4-6-13/h2-6,9-10,12,19,26,31H,7-8,11H2,1H3,(H,24,27,28)/t12-,19+/m1/s1. The van der Waals surface area contributed by atoms with E-state index in [1.807, 2.05) is 0 Å². The van der Waals surface area contributed by atoms with E-state index >= 15 is 0 Å². The number of carbonyl (C=O) groups excluding carboxylic acids is 3. The molecule has 2 atom stereocenters. The summed E-state index contributed by atoms with van der Waals surface area (Å²) in [7, 11) is 0. The molecule has 0 aliphatic carbocycles. The number of alkyl carbamates (subject to hydrolysis) is 1. The van der Waals surface area contributed by atoms with Gasteiger partial charge < -0.3 is 14.6 Å². The molecule has 0 spiro atoms. The number of carbonyl (C=O) groups is 3. The van der Waals surface area contributed by atoms with Gasteiger partial charge in [0.05, 0.1) is 16.8 Å². The van der Waals surface area contributed by atoms with Crippen LogP contribution in [0.4, 0.5) is 4.79 Å². The molecule has 2 rings (SSSR count). The van der Waals surface area contributed by atoms with Crippen molar-refractivity contribution in [3.8, 4) is 5.75 Å². The van der Waals surface area contributed by atoms with E-state index in [-0.39, 0.29) is 24.0 Å². The average Bonchev–Trinajstić information content (AvgIpc) is 2.75. The molecule has 0 fully saturated rings. The van der Waals surface area contributed by atoms with E-state index in [4.69, 9.17) is 9.47 Å². The van der Waals surface area contributed by atoms with Crippen LogP contribution in [0.25, 0.3) is 0 Å². The molecule has 166 valence electrons. The Morgan fingerprint density at radius 2 is 1.84 bits per heavy atom. The first-order valence-electron chi connectivity index (χ1n) is 9.24. The van der Waals surface area contributed by atoms with Gasteiger partial charge >= 0.3 is 12.1 Å². The second-order valence-corrected chi connectivity index (χ2v) is 8.70. The number of nitrogens with one attached hydrogen (secondary N) is 1. The number of ether oxygens (including phenoxy) is 2. The quantitative estimate of drug-likeness (QED) is 0.302. The van der Waals surface area contributed by atoms with Crippen molar-refractivity contribution in [1.82, 2.24) is 5.32 Å². The second-order valence-electron chi connectivity index (χ2n) is 6.62. The fourth-order valence-corrected chi connectivity index (χ4v) is 4.09. The van der Waals surface area contributed by atoms with Crippen molar-refractivity contribution < 1.29 is 29.0 Å². The summed E-state index contributed by atoms with van der Waals surface area (Å²) >= 11 is 10.5. The summed E-state index contributed by atoms with van der Waals surface area (Å²) in [6.45, 7) is 1.86. The SMILES string of the molecule is C[C@H](CCOC(=O)CS)[C@H](OC(=O)NC(=O)c1ccccc1)c1cc(Br)cc(Br)c1O. The summed E-state index contributed by atoms with van der Waals surface area (Å²) in [5.41, 5.74) is 0.632. The predicted molar refractivity (Wildman–Crippen MR) is 125 cm³/mol. The minimum absolute atomic E-state index is 0.0440. The molecular formula is C21H21Br2NO6S. The molecule has 2 aromatic rings. The largest absolute Gasteiger partial charge is 0.506 e. The van der Waals surface area contributed by atoms with Crippen LogP contribution in [0.3, 0.4) is 0 Å². The summed E-state index contributed by atoms with van der Waals surface area (Å²) in [5.74, 6) is -1.59. The normalized spacial score (nSPS) is 12.5. The number of hydrogen-bond donors (Lipinski definition) is 3. The van der Waals surface area contributed by atoms with Crippen LogP contribution in [-0.4, -0.2) is 35.4 Å². The molecule has 0 bridgehead atoms. The maximum Gasteiger partial charge on any atom is 0.414 e. The van der Waals surface area contributed by atoms with E-state index < -0.39 is 24.1 Å². The maximum absolute atomic E-state index is 12.5. The minimum atomic E-state index is -0.964. The van der Waals surface area contributed by atoms with Crippen LogP contribution in [0.2, 0.25) is 0 Å². The molecule has 0 aromatic heterocycles. The molecule has 0 aliphatic rings. The number of halogens is 2. The molecule has 2 amide bonds. The van der Waals surface area contributed by atoms with Crippen molar-refractivity contribution in [2.24, 2.45) is 5.92 Å². The molecule has 0 unspecified atom stereocenters. The zero-order valence-electron chi connectivity index (χ0n) is 16.5. The molecular weight excluding hydrogens is 554 g/mol. The van der Waals surface area contributed by atoms with Crippen molar-refractivity contribution in [3.63, 3.8) is 0 Å². The number of phenols is 1. The van der Waals surface area contributed by atoms with Crippen molar-refractivity contribution in [1.29, 1.82) is 0 Å². The van der Waals surface area contributed by atoms with Crippen LogP contribution in [0, 0.1) is 5.92 Å². The van der Waals surface area contributed by atoms with Crippen LogP contribution in [0.15, 0.2) is 51.4 Å². The van der Waals surface area contributed by atoms with Crippen molar-refractivity contribution in [2.75, 3.05) is 12.4 Å². The van der Waals surface area contributed by atoms with Crippen LogP contribution >= 0.6 is 44.5 Å². The highest BCUT2D eigenvalue weighted by Crippen LogP contribution is 2.40. The lowest BCUT2D eigenvalue weighted by molar-refractivity contribution is -0.141. The van der Waals surface area contributed by atoms with Gasteiger partial charge in [0, 0.05) is 21.5 Å². The molecule has 0 saturated carbocycles. The Kier molecular flexibility index (Phi) is 9.86. The van der Waals surface area contributed by atoms with Crippen molar-refractivity contribution in [2.45, 2.75) is 19.4 Å². The monoisotopic (exact) mass is 573 g/mol. The lowest BCUT2D eigenvalue weighted by atomic mass is 9.94. The number of amides is 2. The van der Waals surface area contributed by atoms with Gasteiger partial charge in [-0.25, -0.2) is 4.79 Å². The summed E-state index contributed by atoms with van der Waals surface area (Å²) < 4.78 is 11.6. The molecule has 10 heteroatoms. The topological polar surface area (TPSA) is 102 Å². The van der Waals surface area contributed by atoms with E-state index in [1.165, 1.54) is 0 Å². The van der Waals surface area contributed by atoms with Crippen LogP contribution in [0.1, 0.15) is 35.4 Å². The lowest BCUT2D eigenvalue weighted by Gasteiger charge is -2.25. The van der Waals surface area contributed by atoms with Gasteiger partial charge in [-0.1, -0.05) is 41.1 Å². The zero-order valence-corrected chi connectivity index (χ0v) is 20.6. The first-order valence-corrected chi connectivity index (χ1v) is 11.5. The van der Waals surface area contributed by atoms with E-state index in [9.17, 15) is 19.5 Å². The number of hydrogen-bond acceptors (Lipinski definition) is 7. The van der Waals surface area contributed by atoms with Crippen molar-refractivity contribution in [3.05, 3.63) is 62.5 Å². The van der Waals surface area contributed by atoms with Gasteiger partial charge in [-0.2, -0.15) is 12.6 Å². The lowest BCUT2D eigenvalue weighted by Crippen LogP contribution is -2.33. The highest BCUT2D eigenvalue weighted by atomic mass is 79.9. The Hall–Kier alpha value is -2.04. The summed E-state index contributed by atoms with van der Waals surface area (Å²) in [4.78, 5) is 36.1. The van der Waals surface area contributed by atoms with Gasteiger partial charge in [-0.15, -0.1) is 0 Å². The van der Waals surface area contributed by atoms with Gasteiger partial charge in [0.25, 0.3) is 5.91 Å². The van der Waals surface area contributed by atoms with Crippen LogP contribution in [-0.2, 0) is 14.3 Å². The second kappa shape index (κ2) is 12.1. The molecule has 2 aromatic carbocycles. The predicted octanol–water partition coefficient (Wildman–Crippen LogP) is 5.02. The van der Waals surface area contributed by atoms with Gasteiger partial charge in [-0.05, 0) is 46.6 Å². The number of thiol groups is 1. The van der Waals surface area contributed by atoms with E-state index in [2.05, 4.69) is 49.8 Å². The Bertz CT molecular complexity index is 941. The maximum atomic E-state index is 12.5. The molecule has 0 aliphatic heterocycles. The van der Waals surface area contributed by atoms with E-state index in [0.29, 0.717) is 26.5 Å². The van der Waals surface area contributed by atoms with Gasteiger partial charge in [0.2, 0.25) is 0 Å².